The van der Waals surface area contributed by atoms with Crippen LogP contribution in [0.1, 0.15) is 29.7 Å². The highest BCUT2D eigenvalue weighted by Crippen LogP contribution is 2.14. The van der Waals surface area contributed by atoms with Crippen LogP contribution < -0.4 is 5.32 Å². The smallest absolute Gasteiger partial charge is 0.224 e. The van der Waals surface area contributed by atoms with Crippen LogP contribution in [-0.4, -0.2) is 11.0 Å². The van der Waals surface area contributed by atoms with Crippen molar-refractivity contribution in [1.29, 1.82) is 0 Å². The van der Waals surface area contributed by atoms with E-state index in [2.05, 4.69) is 5.32 Å². The van der Waals surface area contributed by atoms with Crippen LogP contribution >= 0.6 is 0 Å². The fourth-order valence-corrected chi connectivity index (χ4v) is 2.08. The van der Waals surface area contributed by atoms with Gasteiger partial charge in [-0.25, -0.2) is 0 Å². The molecule has 3 nitrogen and oxygen atoms in total. The Hall–Kier alpha value is -2.29. The van der Waals surface area contributed by atoms with E-state index in [1.165, 1.54) is 5.56 Å². The van der Waals surface area contributed by atoms with Gasteiger partial charge in [-0.05, 0) is 37.1 Å². The van der Waals surface area contributed by atoms with Crippen molar-refractivity contribution >= 4 is 5.91 Å². The average Bonchev–Trinajstić information content (AvgIpc) is 2.39. The zero-order valence-electron chi connectivity index (χ0n) is 11.8. The van der Waals surface area contributed by atoms with Crippen molar-refractivity contribution in [3.05, 3.63) is 65.2 Å². The Bertz CT molecular complexity index is 590. The number of hydrogen-bond acceptors (Lipinski definition) is 2. The quantitative estimate of drug-likeness (QED) is 0.896. The number of benzene rings is 2. The lowest BCUT2D eigenvalue weighted by molar-refractivity contribution is -0.121. The molecule has 0 spiro atoms. The molecule has 2 aromatic rings. The molecule has 0 saturated carbocycles. The molecule has 1 unspecified atom stereocenters. The van der Waals surface area contributed by atoms with Crippen molar-refractivity contribution in [1.82, 2.24) is 5.32 Å². The summed E-state index contributed by atoms with van der Waals surface area (Å²) in [5.74, 6) is 0.130. The van der Waals surface area contributed by atoms with Crippen LogP contribution in [0.2, 0.25) is 0 Å². The summed E-state index contributed by atoms with van der Waals surface area (Å²) in [4.78, 5) is 12.0. The molecule has 1 atom stereocenters. The molecule has 0 aromatic heterocycles. The van der Waals surface area contributed by atoms with Crippen molar-refractivity contribution in [2.24, 2.45) is 0 Å². The zero-order valence-corrected chi connectivity index (χ0v) is 11.8. The number of carbonyl (C=O) groups excluding carboxylic acids is 1. The van der Waals surface area contributed by atoms with Crippen LogP contribution in [-0.2, 0) is 11.2 Å². The average molecular weight is 269 g/mol. The molecule has 0 fully saturated rings. The number of rotatable bonds is 4. The predicted octanol–water partition coefficient (Wildman–Crippen LogP) is 3.12. The van der Waals surface area contributed by atoms with E-state index in [1.54, 1.807) is 18.2 Å². The van der Waals surface area contributed by atoms with Crippen LogP contribution in [0, 0.1) is 6.92 Å². The maximum absolute atomic E-state index is 12.0. The lowest BCUT2D eigenvalue weighted by Crippen LogP contribution is -2.28. The molecule has 2 rings (SSSR count). The summed E-state index contributed by atoms with van der Waals surface area (Å²) in [6, 6.07) is 14.9. The van der Waals surface area contributed by atoms with Crippen LogP contribution in [0.15, 0.2) is 48.5 Å². The standard InChI is InChI=1S/C17H19NO2/c1-12-6-8-15(9-7-12)13(2)18-17(20)11-14-4-3-5-16(19)10-14/h3-10,13,19H,11H2,1-2H3,(H,18,20). The summed E-state index contributed by atoms with van der Waals surface area (Å²) in [5, 5.41) is 12.3. The number of nitrogens with one attached hydrogen (secondary N) is 1. The molecule has 3 heteroatoms. The molecule has 0 heterocycles. The molecule has 0 aliphatic carbocycles. The van der Waals surface area contributed by atoms with Gasteiger partial charge in [0.05, 0.1) is 12.5 Å². The fourth-order valence-electron chi connectivity index (χ4n) is 2.08. The molecule has 0 aliphatic rings. The number of phenolic OH excluding ortho intramolecular Hbond substituents is 1. The van der Waals surface area contributed by atoms with Crippen LogP contribution in [0.25, 0.3) is 0 Å². The Morgan fingerprint density at radius 1 is 1.20 bits per heavy atom. The molecule has 0 aliphatic heterocycles. The van der Waals surface area contributed by atoms with Crippen molar-refractivity contribution in [2.45, 2.75) is 26.3 Å². The maximum Gasteiger partial charge on any atom is 0.224 e. The molecule has 0 bridgehead atoms. The van der Waals surface area contributed by atoms with Gasteiger partial charge in [-0.2, -0.15) is 0 Å². The highest BCUT2D eigenvalue weighted by atomic mass is 16.3. The SMILES string of the molecule is Cc1ccc(C(C)NC(=O)Cc2cccc(O)c2)cc1. The van der Waals surface area contributed by atoms with Crippen LogP contribution in [0.5, 0.6) is 5.75 Å². The number of hydrogen-bond donors (Lipinski definition) is 2. The summed E-state index contributed by atoms with van der Waals surface area (Å²) in [6.07, 6.45) is 0.268. The summed E-state index contributed by atoms with van der Waals surface area (Å²) >= 11 is 0. The minimum Gasteiger partial charge on any atom is -0.508 e. The first kappa shape index (κ1) is 14.1. The third-order valence-corrected chi connectivity index (χ3v) is 3.23. The van der Waals surface area contributed by atoms with E-state index in [9.17, 15) is 9.90 Å². The molecule has 0 radical (unpaired) electrons. The number of amides is 1. The second-order valence-electron chi connectivity index (χ2n) is 5.05. The lowest BCUT2D eigenvalue weighted by atomic mass is 10.1. The molecule has 1 amide bonds. The first-order chi connectivity index (χ1) is 9.54. The summed E-state index contributed by atoms with van der Waals surface area (Å²) in [6.45, 7) is 4.00. The number of carbonyl (C=O) groups is 1. The molecule has 2 N–H and O–H groups in total. The molecule has 104 valence electrons. The van der Waals surface area contributed by atoms with Gasteiger partial charge < -0.3 is 10.4 Å². The Balaban J connectivity index is 1.95. The molecule has 2 aromatic carbocycles. The summed E-state index contributed by atoms with van der Waals surface area (Å²) < 4.78 is 0. The van der Waals surface area contributed by atoms with Crippen LogP contribution in [0.3, 0.4) is 0 Å². The largest absolute Gasteiger partial charge is 0.508 e. The monoisotopic (exact) mass is 269 g/mol. The van der Waals surface area contributed by atoms with Gasteiger partial charge >= 0.3 is 0 Å². The Morgan fingerprint density at radius 3 is 2.55 bits per heavy atom. The van der Waals surface area contributed by atoms with Gasteiger partial charge in [-0.15, -0.1) is 0 Å². The minimum atomic E-state index is -0.0522. The van der Waals surface area contributed by atoms with Gasteiger partial charge in [0.25, 0.3) is 0 Å². The van der Waals surface area contributed by atoms with Crippen molar-refractivity contribution < 1.29 is 9.90 Å². The highest BCUT2D eigenvalue weighted by molar-refractivity contribution is 5.79. The topological polar surface area (TPSA) is 49.3 Å². The second kappa shape index (κ2) is 6.24. The first-order valence-electron chi connectivity index (χ1n) is 6.68. The van der Waals surface area contributed by atoms with E-state index >= 15 is 0 Å². The Kier molecular flexibility index (Phi) is 4.41. The maximum atomic E-state index is 12.0. The third kappa shape index (κ3) is 3.85. The highest BCUT2D eigenvalue weighted by Gasteiger charge is 2.10. The molecular weight excluding hydrogens is 250 g/mol. The number of phenols is 1. The second-order valence-corrected chi connectivity index (χ2v) is 5.05. The van der Waals surface area contributed by atoms with E-state index in [1.807, 2.05) is 44.2 Å². The lowest BCUT2D eigenvalue weighted by Gasteiger charge is -2.14. The van der Waals surface area contributed by atoms with E-state index in [0.717, 1.165) is 11.1 Å². The fraction of sp³-hybridized carbons (Fsp3) is 0.235. The van der Waals surface area contributed by atoms with Gasteiger partial charge in [0.1, 0.15) is 5.75 Å². The Morgan fingerprint density at radius 2 is 1.90 bits per heavy atom. The van der Waals surface area contributed by atoms with E-state index in [4.69, 9.17) is 0 Å². The third-order valence-electron chi connectivity index (χ3n) is 3.23. The molecule has 20 heavy (non-hydrogen) atoms. The van der Waals surface area contributed by atoms with E-state index < -0.39 is 0 Å². The van der Waals surface area contributed by atoms with E-state index in [0.29, 0.717) is 0 Å². The van der Waals surface area contributed by atoms with Crippen molar-refractivity contribution in [2.75, 3.05) is 0 Å². The number of aryl methyl sites for hydroxylation is 1. The van der Waals surface area contributed by atoms with Crippen molar-refractivity contribution in [3.8, 4) is 5.75 Å². The molecule has 0 saturated heterocycles. The summed E-state index contributed by atoms with van der Waals surface area (Å²) in [5.41, 5.74) is 3.09. The van der Waals surface area contributed by atoms with Gasteiger partial charge in [0.2, 0.25) is 5.91 Å². The van der Waals surface area contributed by atoms with Gasteiger partial charge in [-0.1, -0.05) is 42.0 Å². The van der Waals surface area contributed by atoms with Crippen molar-refractivity contribution in [3.63, 3.8) is 0 Å². The van der Waals surface area contributed by atoms with E-state index in [-0.39, 0.29) is 24.1 Å². The van der Waals surface area contributed by atoms with Gasteiger partial charge in [0, 0.05) is 0 Å². The predicted molar refractivity (Wildman–Crippen MR) is 79.5 cm³/mol. The minimum absolute atomic E-state index is 0.0274. The normalized spacial score (nSPS) is 11.9. The number of aromatic hydroxyl groups is 1. The molecular formula is C17H19NO2. The van der Waals surface area contributed by atoms with Crippen LogP contribution in [0.4, 0.5) is 0 Å². The summed E-state index contributed by atoms with van der Waals surface area (Å²) in [7, 11) is 0. The van der Waals surface area contributed by atoms with Gasteiger partial charge in [0.15, 0.2) is 0 Å². The Labute approximate surface area is 119 Å². The van der Waals surface area contributed by atoms with Gasteiger partial charge in [-0.3, -0.25) is 4.79 Å². The first-order valence-corrected chi connectivity index (χ1v) is 6.68. The zero-order chi connectivity index (χ0) is 14.5.